The molecular weight excluding hydrogens is 354 g/mol. The Kier molecular flexibility index (Phi) is 6.74. The summed E-state index contributed by atoms with van der Waals surface area (Å²) in [5, 5.41) is 3.67. The van der Waals surface area contributed by atoms with Crippen molar-refractivity contribution in [3.05, 3.63) is 34.9 Å². The lowest BCUT2D eigenvalue weighted by Crippen LogP contribution is -2.49. The zero-order valence-electron chi connectivity index (χ0n) is 15.0. The molecule has 7 heteroatoms. The van der Waals surface area contributed by atoms with Crippen molar-refractivity contribution in [2.24, 2.45) is 5.92 Å². The van der Waals surface area contributed by atoms with Gasteiger partial charge in [0.05, 0.1) is 13.2 Å². The Morgan fingerprint density at radius 1 is 1.12 bits per heavy atom. The van der Waals surface area contributed by atoms with Crippen LogP contribution in [0.5, 0.6) is 0 Å². The molecule has 0 unspecified atom stereocenters. The van der Waals surface area contributed by atoms with Crippen LogP contribution in [-0.4, -0.2) is 67.7 Å². The van der Waals surface area contributed by atoms with Gasteiger partial charge in [0.2, 0.25) is 5.91 Å². The average Bonchev–Trinajstić information content (AvgIpc) is 2.68. The van der Waals surface area contributed by atoms with Gasteiger partial charge < -0.3 is 19.9 Å². The van der Waals surface area contributed by atoms with Gasteiger partial charge in [0.25, 0.3) is 0 Å². The number of likely N-dealkylation sites (tertiary alicyclic amines) is 1. The van der Waals surface area contributed by atoms with E-state index in [9.17, 15) is 9.59 Å². The van der Waals surface area contributed by atoms with Crippen molar-refractivity contribution in [2.45, 2.75) is 19.3 Å². The molecule has 2 heterocycles. The first kappa shape index (κ1) is 19.0. The molecule has 0 bridgehead atoms. The van der Waals surface area contributed by atoms with Crippen LogP contribution in [-0.2, 0) is 16.0 Å². The molecule has 6 nitrogen and oxygen atoms in total. The maximum atomic E-state index is 12.5. The van der Waals surface area contributed by atoms with Gasteiger partial charge in [-0.25, -0.2) is 4.79 Å². The number of morpholine rings is 1. The SMILES string of the molecule is O=C(NCCc1cccc(Cl)c1)N1CCC(C(=O)N2CCOCC2)CC1. The van der Waals surface area contributed by atoms with E-state index in [0.717, 1.165) is 24.8 Å². The Balaban J connectivity index is 1.38. The number of carbonyl (C=O) groups is 2. The van der Waals surface area contributed by atoms with Crippen LogP contribution >= 0.6 is 11.6 Å². The lowest BCUT2D eigenvalue weighted by atomic mass is 9.95. The fourth-order valence-electron chi connectivity index (χ4n) is 3.49. The van der Waals surface area contributed by atoms with E-state index in [1.54, 1.807) is 4.90 Å². The van der Waals surface area contributed by atoms with Gasteiger partial charge in [0.1, 0.15) is 0 Å². The summed E-state index contributed by atoms with van der Waals surface area (Å²) < 4.78 is 5.30. The topological polar surface area (TPSA) is 61.9 Å². The van der Waals surface area contributed by atoms with E-state index in [2.05, 4.69) is 5.32 Å². The Hall–Kier alpha value is -1.79. The fourth-order valence-corrected chi connectivity index (χ4v) is 3.70. The van der Waals surface area contributed by atoms with E-state index in [1.807, 2.05) is 29.2 Å². The quantitative estimate of drug-likeness (QED) is 0.872. The number of halogens is 1. The van der Waals surface area contributed by atoms with Crippen LogP contribution in [0.1, 0.15) is 18.4 Å². The first-order valence-corrected chi connectivity index (χ1v) is 9.65. The van der Waals surface area contributed by atoms with Crippen LogP contribution in [0.4, 0.5) is 4.79 Å². The third kappa shape index (κ3) is 5.11. The summed E-state index contributed by atoms with van der Waals surface area (Å²) in [5.74, 6) is 0.248. The number of hydrogen-bond donors (Lipinski definition) is 1. The lowest BCUT2D eigenvalue weighted by molar-refractivity contribution is -0.141. The van der Waals surface area contributed by atoms with E-state index < -0.39 is 0 Å². The van der Waals surface area contributed by atoms with Crippen molar-refractivity contribution in [3.63, 3.8) is 0 Å². The molecule has 0 radical (unpaired) electrons. The van der Waals surface area contributed by atoms with Gasteiger partial charge in [-0.3, -0.25) is 4.79 Å². The minimum Gasteiger partial charge on any atom is -0.378 e. The van der Waals surface area contributed by atoms with Crippen molar-refractivity contribution < 1.29 is 14.3 Å². The van der Waals surface area contributed by atoms with Gasteiger partial charge in [0.15, 0.2) is 0 Å². The first-order chi connectivity index (χ1) is 12.6. The number of nitrogens with one attached hydrogen (secondary N) is 1. The Bertz CT molecular complexity index is 626. The normalized spacial score (nSPS) is 18.7. The molecular formula is C19H26ClN3O3. The average molecular weight is 380 g/mol. The van der Waals surface area contributed by atoms with Crippen molar-refractivity contribution in [2.75, 3.05) is 45.9 Å². The zero-order valence-corrected chi connectivity index (χ0v) is 15.7. The monoisotopic (exact) mass is 379 g/mol. The Labute approximate surface area is 159 Å². The van der Waals surface area contributed by atoms with Crippen molar-refractivity contribution in [1.82, 2.24) is 15.1 Å². The highest BCUT2D eigenvalue weighted by atomic mass is 35.5. The number of amides is 3. The molecule has 0 saturated carbocycles. The van der Waals surface area contributed by atoms with Crippen molar-refractivity contribution >= 4 is 23.5 Å². The van der Waals surface area contributed by atoms with E-state index in [4.69, 9.17) is 16.3 Å². The molecule has 2 aliphatic rings. The maximum absolute atomic E-state index is 12.5. The van der Waals surface area contributed by atoms with Gasteiger partial charge in [-0.2, -0.15) is 0 Å². The van der Waals surface area contributed by atoms with Gasteiger partial charge in [-0.1, -0.05) is 23.7 Å². The molecule has 3 amide bonds. The predicted octanol–water partition coefficient (Wildman–Crippen LogP) is 2.16. The summed E-state index contributed by atoms with van der Waals surface area (Å²) in [6.45, 7) is 4.45. The number of nitrogens with zero attached hydrogens (tertiary/aromatic N) is 2. The van der Waals surface area contributed by atoms with Gasteiger partial charge in [0, 0.05) is 43.7 Å². The third-order valence-electron chi connectivity index (χ3n) is 5.03. The summed E-state index contributed by atoms with van der Waals surface area (Å²) >= 11 is 5.97. The van der Waals surface area contributed by atoms with Crippen LogP contribution in [0.3, 0.4) is 0 Å². The molecule has 26 heavy (non-hydrogen) atoms. The molecule has 0 spiro atoms. The molecule has 0 atom stereocenters. The summed E-state index contributed by atoms with van der Waals surface area (Å²) in [7, 11) is 0. The highest BCUT2D eigenvalue weighted by Gasteiger charge is 2.30. The molecule has 142 valence electrons. The van der Waals surface area contributed by atoms with Crippen LogP contribution in [0, 0.1) is 5.92 Å². The zero-order chi connectivity index (χ0) is 18.4. The van der Waals surface area contributed by atoms with Crippen LogP contribution in [0.15, 0.2) is 24.3 Å². The third-order valence-corrected chi connectivity index (χ3v) is 5.27. The number of carbonyl (C=O) groups excluding carboxylic acids is 2. The predicted molar refractivity (Wildman–Crippen MR) is 100 cm³/mol. The summed E-state index contributed by atoms with van der Waals surface area (Å²) in [6, 6.07) is 7.61. The largest absolute Gasteiger partial charge is 0.378 e. The van der Waals surface area contributed by atoms with Gasteiger partial charge >= 0.3 is 6.03 Å². The smallest absolute Gasteiger partial charge is 0.317 e. The lowest BCUT2D eigenvalue weighted by Gasteiger charge is -2.35. The number of benzene rings is 1. The summed E-state index contributed by atoms with van der Waals surface area (Å²) in [5.41, 5.74) is 1.10. The minimum atomic E-state index is -0.0516. The number of rotatable bonds is 4. The number of hydrogen-bond acceptors (Lipinski definition) is 3. The highest BCUT2D eigenvalue weighted by molar-refractivity contribution is 6.30. The van der Waals surface area contributed by atoms with E-state index in [-0.39, 0.29) is 17.9 Å². The Morgan fingerprint density at radius 2 is 1.85 bits per heavy atom. The molecule has 0 aliphatic carbocycles. The molecule has 2 fully saturated rings. The highest BCUT2D eigenvalue weighted by Crippen LogP contribution is 2.20. The van der Waals surface area contributed by atoms with E-state index in [0.29, 0.717) is 51.0 Å². The number of ether oxygens (including phenoxy) is 1. The molecule has 1 N–H and O–H groups in total. The van der Waals surface area contributed by atoms with Crippen LogP contribution in [0.2, 0.25) is 5.02 Å². The molecule has 2 aliphatic heterocycles. The minimum absolute atomic E-state index is 0.0311. The fraction of sp³-hybridized carbons (Fsp3) is 0.579. The molecule has 1 aromatic carbocycles. The van der Waals surface area contributed by atoms with Gasteiger partial charge in [-0.05, 0) is 37.0 Å². The molecule has 1 aromatic rings. The number of urea groups is 1. The van der Waals surface area contributed by atoms with Crippen LogP contribution < -0.4 is 5.32 Å². The first-order valence-electron chi connectivity index (χ1n) is 9.27. The number of piperidine rings is 1. The molecule has 2 saturated heterocycles. The van der Waals surface area contributed by atoms with E-state index in [1.165, 1.54) is 0 Å². The standard InChI is InChI=1S/C19H26ClN3O3/c20-17-3-1-2-15(14-17)4-7-21-19(25)23-8-5-16(6-9-23)18(24)22-10-12-26-13-11-22/h1-3,14,16H,4-13H2,(H,21,25). The maximum Gasteiger partial charge on any atom is 0.317 e. The molecule has 0 aromatic heterocycles. The van der Waals surface area contributed by atoms with E-state index >= 15 is 0 Å². The van der Waals surface area contributed by atoms with Gasteiger partial charge in [-0.15, -0.1) is 0 Å². The second-order valence-electron chi connectivity index (χ2n) is 6.81. The van der Waals surface area contributed by atoms with Crippen LogP contribution in [0.25, 0.3) is 0 Å². The Morgan fingerprint density at radius 3 is 2.54 bits per heavy atom. The van der Waals surface area contributed by atoms with Crippen molar-refractivity contribution in [1.29, 1.82) is 0 Å². The second kappa shape index (κ2) is 9.24. The summed E-state index contributed by atoms with van der Waals surface area (Å²) in [6.07, 6.45) is 2.22. The summed E-state index contributed by atoms with van der Waals surface area (Å²) in [4.78, 5) is 28.5. The second-order valence-corrected chi connectivity index (χ2v) is 7.25. The molecule has 3 rings (SSSR count). The van der Waals surface area contributed by atoms with Crippen molar-refractivity contribution in [3.8, 4) is 0 Å².